The molecule has 2 heterocycles. The van der Waals surface area contributed by atoms with E-state index in [0.29, 0.717) is 0 Å². The van der Waals surface area contributed by atoms with Gasteiger partial charge < -0.3 is 0 Å². The molecule has 0 amide bonds. The Kier molecular flexibility index (Phi) is 1.88. The molecule has 4 heteroatoms. The number of hydrogen-bond acceptors (Lipinski definition) is 3. The highest BCUT2D eigenvalue weighted by Crippen LogP contribution is 2.19. The third kappa shape index (κ3) is 1.27. The van der Waals surface area contributed by atoms with Gasteiger partial charge in [0.1, 0.15) is 0 Å². The van der Waals surface area contributed by atoms with Crippen LogP contribution in [-0.4, -0.2) is 9.38 Å². The molecule has 2 aromatic heterocycles. The van der Waals surface area contributed by atoms with Gasteiger partial charge in [-0.3, -0.25) is 9.20 Å². The molecule has 1 aromatic carbocycles. The Morgan fingerprint density at radius 1 is 1.25 bits per heavy atom. The minimum absolute atomic E-state index is 0.00222. The average molecular weight is 230 g/mol. The zero-order chi connectivity index (χ0) is 11.3. The Morgan fingerprint density at radius 2 is 2.06 bits per heavy atom. The van der Waals surface area contributed by atoms with Crippen LogP contribution in [-0.2, 0) is 0 Å². The van der Waals surface area contributed by atoms with E-state index in [1.165, 1.54) is 11.3 Å². The molecular weight excluding hydrogens is 220 g/mol. The van der Waals surface area contributed by atoms with Crippen LogP contribution in [0, 0.1) is 13.8 Å². The molecule has 0 spiro atoms. The molecule has 3 nitrogen and oxygen atoms in total. The van der Waals surface area contributed by atoms with E-state index in [1.54, 1.807) is 10.5 Å². The lowest BCUT2D eigenvalue weighted by Gasteiger charge is -1.94. The Labute approximate surface area is 96.0 Å². The van der Waals surface area contributed by atoms with E-state index in [9.17, 15) is 4.79 Å². The van der Waals surface area contributed by atoms with Gasteiger partial charge in [0.15, 0.2) is 4.96 Å². The average Bonchev–Trinajstić information content (AvgIpc) is 2.54. The number of rotatable bonds is 0. The van der Waals surface area contributed by atoms with Crippen LogP contribution in [0.4, 0.5) is 0 Å². The molecule has 16 heavy (non-hydrogen) atoms. The zero-order valence-electron chi connectivity index (χ0n) is 9.02. The van der Waals surface area contributed by atoms with Crippen LogP contribution < -0.4 is 5.56 Å². The molecule has 0 aliphatic heterocycles. The third-order valence-electron chi connectivity index (χ3n) is 2.58. The van der Waals surface area contributed by atoms with Crippen molar-refractivity contribution in [3.8, 4) is 0 Å². The SMILES string of the molecule is Cc1ccc2c(c1)nc1sc(C)cc(=O)n12. The normalized spacial score (nSPS) is 11.4. The number of imidazole rings is 1. The largest absolute Gasteiger partial charge is 0.269 e. The predicted octanol–water partition coefficient (Wildman–Crippen LogP) is 2.53. The van der Waals surface area contributed by atoms with Crippen molar-refractivity contribution in [2.75, 3.05) is 0 Å². The van der Waals surface area contributed by atoms with Crippen LogP contribution in [0.3, 0.4) is 0 Å². The molecule has 0 N–H and O–H groups in total. The van der Waals surface area contributed by atoms with Crippen LogP contribution in [0.25, 0.3) is 16.0 Å². The van der Waals surface area contributed by atoms with Crippen molar-refractivity contribution in [2.24, 2.45) is 0 Å². The fourth-order valence-electron chi connectivity index (χ4n) is 1.86. The van der Waals surface area contributed by atoms with Crippen molar-refractivity contribution in [1.29, 1.82) is 0 Å². The summed E-state index contributed by atoms with van der Waals surface area (Å²) < 4.78 is 1.67. The maximum absolute atomic E-state index is 11.9. The van der Waals surface area contributed by atoms with Crippen molar-refractivity contribution >= 4 is 27.3 Å². The van der Waals surface area contributed by atoms with Gasteiger partial charge in [0.05, 0.1) is 11.0 Å². The number of hydrogen-bond donors (Lipinski definition) is 0. The first kappa shape index (κ1) is 9.54. The van der Waals surface area contributed by atoms with E-state index in [4.69, 9.17) is 0 Å². The lowest BCUT2D eigenvalue weighted by Crippen LogP contribution is -2.09. The van der Waals surface area contributed by atoms with Crippen molar-refractivity contribution in [3.05, 3.63) is 45.1 Å². The summed E-state index contributed by atoms with van der Waals surface area (Å²) >= 11 is 1.54. The lowest BCUT2D eigenvalue weighted by molar-refractivity contribution is 1.17. The molecule has 0 saturated heterocycles. The highest BCUT2D eigenvalue weighted by molar-refractivity contribution is 7.16. The maximum Gasteiger partial charge on any atom is 0.258 e. The molecular formula is C12H10N2OS. The summed E-state index contributed by atoms with van der Waals surface area (Å²) in [5.41, 5.74) is 2.93. The van der Waals surface area contributed by atoms with E-state index < -0.39 is 0 Å². The van der Waals surface area contributed by atoms with Gasteiger partial charge in [0.25, 0.3) is 5.56 Å². The number of aryl methyl sites for hydroxylation is 2. The van der Waals surface area contributed by atoms with Crippen molar-refractivity contribution in [3.63, 3.8) is 0 Å². The maximum atomic E-state index is 11.9. The standard InChI is InChI=1S/C12H10N2OS/c1-7-3-4-10-9(5-7)13-12-14(10)11(15)6-8(2)16-12/h3-6H,1-2H3. The van der Waals surface area contributed by atoms with E-state index in [0.717, 1.165) is 26.4 Å². The predicted molar refractivity (Wildman–Crippen MR) is 66.3 cm³/mol. The smallest absolute Gasteiger partial charge is 0.258 e. The Bertz CT molecular complexity index is 755. The minimum atomic E-state index is -0.00222. The van der Waals surface area contributed by atoms with Gasteiger partial charge in [-0.2, -0.15) is 0 Å². The van der Waals surface area contributed by atoms with Crippen LogP contribution in [0.15, 0.2) is 29.1 Å². The highest BCUT2D eigenvalue weighted by Gasteiger charge is 2.07. The molecule has 0 radical (unpaired) electrons. The number of benzene rings is 1. The first-order chi connectivity index (χ1) is 7.65. The van der Waals surface area contributed by atoms with Gasteiger partial charge in [0.2, 0.25) is 0 Å². The molecule has 3 aromatic rings. The number of nitrogens with zero attached hydrogens (tertiary/aromatic N) is 2. The van der Waals surface area contributed by atoms with Gasteiger partial charge in [0, 0.05) is 10.9 Å². The second kappa shape index (κ2) is 3.15. The second-order valence-corrected chi connectivity index (χ2v) is 5.13. The van der Waals surface area contributed by atoms with Crippen LogP contribution in [0.5, 0.6) is 0 Å². The molecule has 0 bridgehead atoms. The number of aromatic nitrogens is 2. The van der Waals surface area contributed by atoms with Crippen molar-refractivity contribution in [2.45, 2.75) is 13.8 Å². The van der Waals surface area contributed by atoms with E-state index in [-0.39, 0.29) is 5.56 Å². The summed E-state index contributed by atoms with van der Waals surface area (Å²) in [6, 6.07) is 7.61. The van der Waals surface area contributed by atoms with Crippen LogP contribution in [0.2, 0.25) is 0 Å². The van der Waals surface area contributed by atoms with Crippen molar-refractivity contribution < 1.29 is 0 Å². The van der Waals surface area contributed by atoms with E-state index in [1.807, 2.05) is 32.0 Å². The summed E-state index contributed by atoms with van der Waals surface area (Å²) in [7, 11) is 0. The molecule has 0 saturated carbocycles. The molecule has 80 valence electrons. The Balaban J connectivity index is 2.61. The first-order valence-corrected chi connectivity index (χ1v) is 5.86. The Hall–Kier alpha value is -1.68. The first-order valence-electron chi connectivity index (χ1n) is 5.05. The Morgan fingerprint density at radius 3 is 2.88 bits per heavy atom. The van der Waals surface area contributed by atoms with Gasteiger partial charge in [-0.15, -0.1) is 11.3 Å². The molecule has 0 fully saturated rings. The van der Waals surface area contributed by atoms with Crippen LogP contribution in [0.1, 0.15) is 10.4 Å². The fourth-order valence-corrected chi connectivity index (χ4v) is 2.73. The quantitative estimate of drug-likeness (QED) is 0.594. The van der Waals surface area contributed by atoms with Gasteiger partial charge >= 0.3 is 0 Å². The summed E-state index contributed by atoms with van der Waals surface area (Å²) in [5, 5.41) is 0. The fraction of sp³-hybridized carbons (Fsp3) is 0.167. The van der Waals surface area contributed by atoms with Gasteiger partial charge in [-0.25, -0.2) is 4.98 Å². The highest BCUT2D eigenvalue weighted by atomic mass is 32.1. The molecule has 3 rings (SSSR count). The van der Waals surface area contributed by atoms with Gasteiger partial charge in [-0.05, 0) is 31.5 Å². The zero-order valence-corrected chi connectivity index (χ0v) is 9.84. The van der Waals surface area contributed by atoms with E-state index in [2.05, 4.69) is 4.98 Å². The van der Waals surface area contributed by atoms with Crippen molar-refractivity contribution in [1.82, 2.24) is 9.38 Å². The molecule has 0 unspecified atom stereocenters. The topological polar surface area (TPSA) is 34.4 Å². The third-order valence-corrected chi connectivity index (χ3v) is 3.47. The lowest BCUT2D eigenvalue weighted by atomic mass is 10.2. The molecule has 0 atom stereocenters. The van der Waals surface area contributed by atoms with E-state index >= 15 is 0 Å². The summed E-state index contributed by atoms with van der Waals surface area (Å²) in [5.74, 6) is 0. The molecule has 0 aliphatic carbocycles. The summed E-state index contributed by atoms with van der Waals surface area (Å²) in [6.45, 7) is 3.95. The van der Waals surface area contributed by atoms with Gasteiger partial charge in [-0.1, -0.05) is 6.07 Å². The minimum Gasteiger partial charge on any atom is -0.269 e. The summed E-state index contributed by atoms with van der Waals surface area (Å²) in [6.07, 6.45) is 0. The second-order valence-electron chi connectivity index (χ2n) is 3.92. The molecule has 0 aliphatic rings. The van der Waals surface area contributed by atoms with Crippen LogP contribution >= 0.6 is 11.3 Å². The summed E-state index contributed by atoms with van der Waals surface area (Å²) in [4.78, 5) is 18.1. The number of fused-ring (bicyclic) bond motifs is 3. The monoisotopic (exact) mass is 230 g/mol.